The van der Waals surface area contributed by atoms with Crippen molar-refractivity contribution in [2.75, 3.05) is 0 Å². The number of hydrogen-bond acceptors (Lipinski definition) is 0. The minimum atomic E-state index is -1.92. The Morgan fingerprint density at radius 3 is 2.25 bits per heavy atom. The van der Waals surface area contributed by atoms with Crippen molar-refractivity contribution in [2.24, 2.45) is 0 Å². The van der Waals surface area contributed by atoms with Crippen LogP contribution in [0.1, 0.15) is 42.0 Å². The molecule has 0 heterocycles. The van der Waals surface area contributed by atoms with Crippen molar-refractivity contribution < 1.29 is 14.7 Å². The van der Waals surface area contributed by atoms with Crippen molar-refractivity contribution in [3.63, 3.8) is 0 Å². The Balaban J connectivity index is 0.000000444. The molecule has 0 unspecified atom stereocenters. The van der Waals surface area contributed by atoms with E-state index in [0.717, 1.165) is 0 Å². The molecule has 0 amide bonds. The third kappa shape index (κ3) is 6.10. The van der Waals surface area contributed by atoms with Gasteiger partial charge in [-0.15, -0.1) is 0 Å². The van der Waals surface area contributed by atoms with Crippen molar-refractivity contribution in [2.45, 2.75) is 64.7 Å². The Bertz CT molecular complexity index is 424. The van der Waals surface area contributed by atoms with Crippen LogP contribution in [0.4, 0.5) is 0 Å². The third-order valence-electron chi connectivity index (χ3n) is 4.42. The standard InChI is InChI=1S/C15H25Si.3ClH.Ti/c1-5-16(3,4)11-14-10-13-8-6-7-9-15(13)12(14)2;;;;/h10H,5-9,11H2,1-4H3;3*1H;/q-1;;;;+4/p-3. The molecule has 114 valence electrons. The van der Waals surface area contributed by atoms with Crippen LogP contribution in [0.2, 0.25) is 19.1 Å². The number of aryl methyl sites for hydroxylation is 1. The maximum absolute atomic E-state index is 4.97. The Morgan fingerprint density at radius 1 is 1.20 bits per heavy atom. The summed E-state index contributed by atoms with van der Waals surface area (Å²) in [7, 11) is 14.0. The van der Waals surface area contributed by atoms with Gasteiger partial charge in [-0.25, -0.2) is 6.07 Å². The zero-order chi connectivity index (χ0) is 15.3. The van der Waals surface area contributed by atoms with Crippen molar-refractivity contribution in [3.8, 4) is 0 Å². The van der Waals surface area contributed by atoms with Gasteiger partial charge in [-0.2, -0.15) is 22.3 Å². The van der Waals surface area contributed by atoms with E-state index < -0.39 is 22.8 Å². The fraction of sp³-hybridized carbons (Fsp3) is 0.667. The van der Waals surface area contributed by atoms with E-state index in [9.17, 15) is 0 Å². The summed E-state index contributed by atoms with van der Waals surface area (Å²) < 4.78 is 0. The monoisotopic (exact) mass is 386 g/mol. The summed E-state index contributed by atoms with van der Waals surface area (Å²) in [6.45, 7) is 9.78. The number of rotatable bonds is 3. The summed E-state index contributed by atoms with van der Waals surface area (Å²) in [5.41, 5.74) is 6.72. The first kappa shape index (κ1) is 19.2. The number of halogens is 3. The molecule has 2 rings (SSSR count). The summed E-state index contributed by atoms with van der Waals surface area (Å²) in [5.74, 6) is 0. The molecule has 0 radical (unpaired) electrons. The van der Waals surface area contributed by atoms with Gasteiger partial charge in [0.2, 0.25) is 0 Å². The Labute approximate surface area is 143 Å². The molecule has 0 aromatic heterocycles. The molecule has 1 aromatic carbocycles. The molecule has 20 heavy (non-hydrogen) atoms. The molecule has 0 saturated carbocycles. The van der Waals surface area contributed by atoms with Crippen LogP contribution in [0.3, 0.4) is 0 Å². The molecule has 0 nitrogen and oxygen atoms in total. The second kappa shape index (κ2) is 8.70. The average molecular weight is 388 g/mol. The molecule has 1 aliphatic rings. The van der Waals surface area contributed by atoms with Crippen LogP contribution < -0.4 is 0 Å². The van der Waals surface area contributed by atoms with E-state index >= 15 is 0 Å². The van der Waals surface area contributed by atoms with Crippen molar-refractivity contribution in [1.82, 2.24) is 0 Å². The summed E-state index contributed by atoms with van der Waals surface area (Å²) >= 11 is -1.92. The first-order valence-electron chi connectivity index (χ1n) is 7.37. The molecule has 5 heteroatoms. The van der Waals surface area contributed by atoms with Gasteiger partial charge in [-0.1, -0.05) is 64.7 Å². The quantitative estimate of drug-likeness (QED) is 0.412. The number of hydrogen-bond donors (Lipinski definition) is 0. The normalized spacial score (nSPS) is 14.3. The summed E-state index contributed by atoms with van der Waals surface area (Å²) in [6, 6.07) is 5.33. The van der Waals surface area contributed by atoms with Gasteiger partial charge in [0.1, 0.15) is 0 Å². The van der Waals surface area contributed by atoms with Crippen LogP contribution in [0.5, 0.6) is 0 Å². The average Bonchev–Trinajstić information content (AvgIpc) is 2.66. The van der Waals surface area contributed by atoms with Crippen molar-refractivity contribution in [1.29, 1.82) is 0 Å². The van der Waals surface area contributed by atoms with Crippen molar-refractivity contribution in [3.05, 3.63) is 28.3 Å². The van der Waals surface area contributed by atoms with Gasteiger partial charge in [0.25, 0.3) is 0 Å². The van der Waals surface area contributed by atoms with E-state index in [1.807, 2.05) is 0 Å². The zero-order valence-corrected chi connectivity index (χ0v) is 17.8. The zero-order valence-electron chi connectivity index (χ0n) is 13.0. The minimum absolute atomic E-state index is 0.964. The van der Waals surface area contributed by atoms with Gasteiger partial charge in [0, 0.05) is 8.07 Å². The van der Waals surface area contributed by atoms with Gasteiger partial charge in [-0.05, 0) is 0 Å². The molecule has 0 saturated heterocycles. The van der Waals surface area contributed by atoms with Crippen LogP contribution in [-0.2, 0) is 33.6 Å². The molecular weight excluding hydrogens is 362 g/mol. The fourth-order valence-electron chi connectivity index (χ4n) is 2.85. The van der Waals surface area contributed by atoms with Gasteiger partial charge >= 0.3 is 42.6 Å². The van der Waals surface area contributed by atoms with Gasteiger partial charge in [0.15, 0.2) is 0 Å². The molecule has 1 aromatic rings. The SMILES string of the molecule is CC[Si](C)(C)Cc1cc2c([c-]1C)CCCC2.[Cl][Ti+]([Cl])[Cl]. The van der Waals surface area contributed by atoms with E-state index in [2.05, 4.69) is 33.0 Å². The third-order valence-corrected chi connectivity index (χ3v) is 7.67. The van der Waals surface area contributed by atoms with E-state index in [1.54, 1.807) is 22.3 Å². The van der Waals surface area contributed by atoms with Crippen LogP contribution in [0, 0.1) is 6.92 Å². The fourth-order valence-corrected chi connectivity index (χ4v) is 4.50. The molecule has 0 spiro atoms. The molecule has 0 N–H and O–H groups in total. The Hall–Kier alpha value is 1.15. The summed E-state index contributed by atoms with van der Waals surface area (Å²) in [5, 5.41) is 0. The first-order chi connectivity index (χ1) is 9.26. The summed E-state index contributed by atoms with van der Waals surface area (Å²) in [6.07, 6.45) is 5.50. The molecule has 0 fully saturated rings. The second-order valence-corrected chi connectivity index (χ2v) is 19.5. The Kier molecular flexibility index (Phi) is 8.35. The van der Waals surface area contributed by atoms with E-state index in [4.69, 9.17) is 27.9 Å². The van der Waals surface area contributed by atoms with Gasteiger partial charge < -0.3 is 0 Å². The second-order valence-electron chi connectivity index (χ2n) is 6.41. The number of fused-ring (bicyclic) bond motifs is 1. The Morgan fingerprint density at radius 2 is 1.75 bits per heavy atom. The predicted molar refractivity (Wildman–Crippen MR) is 92.6 cm³/mol. The summed E-state index contributed by atoms with van der Waals surface area (Å²) in [4.78, 5) is 0. The van der Waals surface area contributed by atoms with Gasteiger partial charge in [-0.3, -0.25) is 0 Å². The predicted octanol–water partition coefficient (Wildman–Crippen LogP) is 6.47. The first-order valence-corrected chi connectivity index (χ1v) is 17.2. The van der Waals surface area contributed by atoms with E-state index in [0.29, 0.717) is 0 Å². The molecule has 0 aliphatic heterocycles. The van der Waals surface area contributed by atoms with Crippen LogP contribution in [0.15, 0.2) is 6.07 Å². The van der Waals surface area contributed by atoms with Crippen molar-refractivity contribution >= 4 is 36.0 Å². The molecule has 0 atom stereocenters. The van der Waals surface area contributed by atoms with E-state index in [-0.39, 0.29) is 0 Å². The van der Waals surface area contributed by atoms with E-state index in [1.165, 1.54) is 37.8 Å². The van der Waals surface area contributed by atoms with Crippen LogP contribution in [-0.4, -0.2) is 8.07 Å². The van der Waals surface area contributed by atoms with Crippen LogP contribution >= 0.6 is 27.9 Å². The molecule has 0 bridgehead atoms. The van der Waals surface area contributed by atoms with Crippen LogP contribution in [0.25, 0.3) is 0 Å². The molecule has 1 aliphatic carbocycles. The van der Waals surface area contributed by atoms with Gasteiger partial charge in [0.05, 0.1) is 0 Å². The molecular formula is C15H25Cl3SiTi. The maximum atomic E-state index is 4.97. The topological polar surface area (TPSA) is 0 Å².